The molecule has 0 aliphatic heterocycles. The largest absolute Gasteiger partial charge is 0.455 e. The van der Waals surface area contributed by atoms with Gasteiger partial charge in [-0.3, -0.25) is 9.59 Å². The van der Waals surface area contributed by atoms with E-state index in [1.165, 1.54) is 4.70 Å². The lowest BCUT2D eigenvalue weighted by Crippen LogP contribution is -2.21. The molecule has 0 spiro atoms. The first kappa shape index (κ1) is 24.1. The van der Waals surface area contributed by atoms with E-state index in [0.717, 1.165) is 54.5 Å². The Morgan fingerprint density at radius 3 is 2.00 bits per heavy atom. The summed E-state index contributed by atoms with van der Waals surface area (Å²) in [6.45, 7) is 0. The second-order valence-corrected chi connectivity index (χ2v) is 11.8. The number of carbonyl (C=O) groups is 2. The van der Waals surface area contributed by atoms with Gasteiger partial charge in [-0.2, -0.15) is 0 Å². The van der Waals surface area contributed by atoms with Crippen LogP contribution in [0, 0.1) is 0 Å². The fourth-order valence-electron chi connectivity index (χ4n) is 6.44. The molecule has 9 rings (SSSR count). The van der Waals surface area contributed by atoms with Gasteiger partial charge in [-0.15, -0.1) is 11.3 Å². The minimum Gasteiger partial charge on any atom is -0.455 e. The molecule has 4 nitrogen and oxygen atoms in total. The molecular formula is C38H21NO3S. The molecule has 202 valence electrons. The van der Waals surface area contributed by atoms with Crippen LogP contribution in [-0.2, 0) is 0 Å². The number of para-hydroxylation sites is 2. The van der Waals surface area contributed by atoms with Gasteiger partial charge in [0, 0.05) is 59.9 Å². The van der Waals surface area contributed by atoms with Gasteiger partial charge in [0.25, 0.3) is 0 Å². The number of fused-ring (bicyclic) bond motifs is 9. The van der Waals surface area contributed by atoms with Gasteiger partial charge in [0.15, 0.2) is 11.6 Å². The molecule has 0 unspecified atom stereocenters. The van der Waals surface area contributed by atoms with Crippen molar-refractivity contribution in [3.05, 3.63) is 150 Å². The molecule has 0 atom stereocenters. The second-order valence-electron chi connectivity index (χ2n) is 10.8. The summed E-state index contributed by atoms with van der Waals surface area (Å²) in [6, 6.07) is 41.6. The molecule has 6 aromatic carbocycles. The van der Waals surface area contributed by atoms with Gasteiger partial charge >= 0.3 is 0 Å². The molecule has 0 bridgehead atoms. The summed E-state index contributed by atoms with van der Waals surface area (Å²) < 4.78 is 8.77. The van der Waals surface area contributed by atoms with Gasteiger partial charge in [0.1, 0.15) is 11.2 Å². The molecule has 43 heavy (non-hydrogen) atoms. The van der Waals surface area contributed by atoms with Crippen molar-refractivity contribution < 1.29 is 14.0 Å². The summed E-state index contributed by atoms with van der Waals surface area (Å²) in [5, 5.41) is 4.29. The molecule has 2 heterocycles. The quantitative estimate of drug-likeness (QED) is 0.212. The molecule has 8 aromatic rings. The molecule has 0 saturated carbocycles. The number of rotatable bonds is 3. The zero-order valence-corrected chi connectivity index (χ0v) is 23.5. The smallest absolute Gasteiger partial charge is 0.194 e. The Balaban J connectivity index is 1.37. The zero-order valence-electron chi connectivity index (χ0n) is 22.7. The van der Waals surface area contributed by atoms with Crippen LogP contribution in [0.3, 0.4) is 0 Å². The Bertz CT molecular complexity index is 2450. The van der Waals surface area contributed by atoms with Crippen LogP contribution in [0.5, 0.6) is 0 Å². The number of hydrogen-bond donors (Lipinski definition) is 0. The number of hydrogen-bond acceptors (Lipinski definition) is 5. The van der Waals surface area contributed by atoms with Crippen molar-refractivity contribution in [2.24, 2.45) is 0 Å². The average molecular weight is 572 g/mol. The molecule has 0 amide bonds. The van der Waals surface area contributed by atoms with E-state index in [2.05, 4.69) is 53.4 Å². The summed E-state index contributed by atoms with van der Waals surface area (Å²) in [4.78, 5) is 29.3. The molecule has 0 N–H and O–H groups in total. The summed E-state index contributed by atoms with van der Waals surface area (Å²) in [5.74, 6) is -0.260. The molecule has 1 aliphatic carbocycles. The third-order valence-electron chi connectivity index (χ3n) is 8.39. The van der Waals surface area contributed by atoms with Crippen molar-refractivity contribution in [1.82, 2.24) is 0 Å². The standard InChI is InChI=1S/C38H21NO3S/c40-35-25-13-4-5-14-26(25)36(41)29-20-23(18-19-27(29)35)39(22-10-2-1-3-11-22)31-21-30-24-12-6-8-16-32(24)42-37(30)34-28-15-7-9-17-33(28)43-38(31)34/h1-21H. The topological polar surface area (TPSA) is 50.5 Å². The first-order valence-electron chi connectivity index (χ1n) is 14.1. The molecule has 0 fully saturated rings. The summed E-state index contributed by atoms with van der Waals surface area (Å²) in [5.41, 5.74) is 6.20. The number of ketones is 2. The number of nitrogens with zero attached hydrogens (tertiary/aromatic N) is 1. The highest BCUT2D eigenvalue weighted by Gasteiger charge is 2.31. The maximum absolute atomic E-state index is 13.7. The second kappa shape index (κ2) is 8.99. The van der Waals surface area contributed by atoms with Gasteiger partial charge < -0.3 is 9.32 Å². The molecule has 1 aliphatic rings. The van der Waals surface area contributed by atoms with Gasteiger partial charge in [0.2, 0.25) is 0 Å². The van der Waals surface area contributed by atoms with Crippen LogP contribution in [0.15, 0.2) is 132 Å². The predicted molar refractivity (Wildman–Crippen MR) is 175 cm³/mol. The lowest BCUT2D eigenvalue weighted by atomic mass is 9.84. The third-order valence-corrected chi connectivity index (χ3v) is 9.59. The van der Waals surface area contributed by atoms with Crippen molar-refractivity contribution in [2.45, 2.75) is 0 Å². The third kappa shape index (κ3) is 3.43. The van der Waals surface area contributed by atoms with E-state index in [-0.39, 0.29) is 11.6 Å². The highest BCUT2D eigenvalue weighted by molar-refractivity contribution is 7.26. The van der Waals surface area contributed by atoms with Crippen LogP contribution in [-0.4, -0.2) is 11.6 Å². The zero-order chi connectivity index (χ0) is 28.7. The van der Waals surface area contributed by atoms with Gasteiger partial charge in [-0.1, -0.05) is 78.9 Å². The summed E-state index contributed by atoms with van der Waals surface area (Å²) >= 11 is 1.73. The minimum absolute atomic E-state index is 0.124. The van der Waals surface area contributed by atoms with E-state index in [1.807, 2.05) is 48.5 Å². The van der Waals surface area contributed by atoms with Crippen LogP contribution in [0.25, 0.3) is 42.1 Å². The lowest BCUT2D eigenvalue weighted by Gasteiger charge is -2.28. The number of thiophene rings is 1. The molecule has 2 aromatic heterocycles. The normalized spacial score (nSPS) is 12.7. The van der Waals surface area contributed by atoms with E-state index in [1.54, 1.807) is 41.7 Å². The number of carbonyl (C=O) groups excluding carboxylic acids is 2. The van der Waals surface area contributed by atoms with Crippen molar-refractivity contribution in [3.8, 4) is 0 Å². The fraction of sp³-hybridized carbons (Fsp3) is 0. The Morgan fingerprint density at radius 2 is 1.19 bits per heavy atom. The van der Waals surface area contributed by atoms with Crippen LogP contribution in [0.1, 0.15) is 31.8 Å². The SMILES string of the molecule is O=C1c2ccccc2C(=O)c2cc(N(c3ccccc3)c3cc4c5ccccc5oc4c4c3sc3ccccc34)ccc21. The minimum atomic E-state index is -0.136. The van der Waals surface area contributed by atoms with E-state index < -0.39 is 0 Å². The number of benzene rings is 6. The highest BCUT2D eigenvalue weighted by Crippen LogP contribution is 2.50. The fourth-order valence-corrected chi connectivity index (χ4v) is 7.65. The average Bonchev–Trinajstić information content (AvgIpc) is 3.63. The molecular weight excluding hydrogens is 550 g/mol. The van der Waals surface area contributed by atoms with E-state index in [4.69, 9.17) is 4.42 Å². The molecule has 5 heteroatoms. The Labute approximate surface area is 250 Å². The maximum atomic E-state index is 13.7. The Hall–Kier alpha value is -5.52. The summed E-state index contributed by atoms with van der Waals surface area (Å²) in [6.07, 6.45) is 0. The molecule has 0 saturated heterocycles. The van der Waals surface area contributed by atoms with Crippen molar-refractivity contribution in [2.75, 3.05) is 4.90 Å². The van der Waals surface area contributed by atoms with Crippen molar-refractivity contribution >= 4 is 82.1 Å². The van der Waals surface area contributed by atoms with Crippen molar-refractivity contribution in [3.63, 3.8) is 0 Å². The van der Waals surface area contributed by atoms with E-state index in [9.17, 15) is 9.59 Å². The highest BCUT2D eigenvalue weighted by atomic mass is 32.1. The first-order chi connectivity index (χ1) is 21.2. The van der Waals surface area contributed by atoms with E-state index in [0.29, 0.717) is 22.3 Å². The lowest BCUT2D eigenvalue weighted by molar-refractivity contribution is 0.0979. The Morgan fingerprint density at radius 1 is 0.535 bits per heavy atom. The van der Waals surface area contributed by atoms with Crippen LogP contribution < -0.4 is 4.90 Å². The molecule has 0 radical (unpaired) electrons. The van der Waals surface area contributed by atoms with Crippen molar-refractivity contribution in [1.29, 1.82) is 0 Å². The van der Waals surface area contributed by atoms with Crippen LogP contribution in [0.4, 0.5) is 17.1 Å². The van der Waals surface area contributed by atoms with E-state index >= 15 is 0 Å². The van der Waals surface area contributed by atoms with Gasteiger partial charge in [-0.05, 0) is 48.5 Å². The summed E-state index contributed by atoms with van der Waals surface area (Å²) in [7, 11) is 0. The van der Waals surface area contributed by atoms with Gasteiger partial charge in [0.05, 0.1) is 10.4 Å². The number of furan rings is 1. The Kier molecular flexibility index (Phi) is 5.04. The van der Waals surface area contributed by atoms with Crippen LogP contribution in [0.2, 0.25) is 0 Å². The monoisotopic (exact) mass is 571 g/mol. The van der Waals surface area contributed by atoms with Crippen LogP contribution >= 0.6 is 11.3 Å². The number of anilines is 3. The first-order valence-corrected chi connectivity index (χ1v) is 14.9. The predicted octanol–water partition coefficient (Wildman–Crippen LogP) is 10.2. The van der Waals surface area contributed by atoms with Gasteiger partial charge in [-0.25, -0.2) is 0 Å². The maximum Gasteiger partial charge on any atom is 0.194 e.